The first kappa shape index (κ1) is 23.8. The van der Waals surface area contributed by atoms with E-state index in [-0.39, 0.29) is 23.2 Å². The Morgan fingerprint density at radius 3 is 2.21 bits per heavy atom. The summed E-state index contributed by atoms with van der Waals surface area (Å²) in [7, 11) is 0. The number of carbonyl (C=O) groups is 2. The maximum absolute atomic E-state index is 13.8. The molecule has 8 heteroatoms. The monoisotopic (exact) mass is 524 g/mol. The number of anilines is 1. The molecule has 2 N–H and O–H groups in total. The highest BCUT2D eigenvalue weighted by molar-refractivity contribution is 7.22. The van der Waals surface area contributed by atoms with Crippen LogP contribution >= 0.6 is 11.3 Å². The number of rotatable bonds is 5. The summed E-state index contributed by atoms with van der Waals surface area (Å²) in [5.41, 5.74) is 2.96. The van der Waals surface area contributed by atoms with E-state index in [4.69, 9.17) is 4.42 Å². The first-order valence-electron chi connectivity index (χ1n) is 12.3. The minimum Gasteiger partial charge on any atom is -0.508 e. The molecule has 1 amide bonds. The summed E-state index contributed by atoms with van der Waals surface area (Å²) in [6.45, 7) is 2.54. The summed E-state index contributed by atoms with van der Waals surface area (Å²) in [4.78, 5) is 31.1. The number of piperazine rings is 1. The molecule has 0 saturated carbocycles. The average Bonchev–Trinajstić information content (AvgIpc) is 3.61. The number of fused-ring (bicyclic) bond motifs is 1. The lowest BCUT2D eigenvalue weighted by atomic mass is 9.97. The summed E-state index contributed by atoms with van der Waals surface area (Å²) < 4.78 is 6.06. The molecule has 38 heavy (non-hydrogen) atoms. The van der Waals surface area contributed by atoms with E-state index in [2.05, 4.69) is 4.90 Å². The van der Waals surface area contributed by atoms with Crippen LogP contribution in [0.2, 0.25) is 0 Å². The molecule has 5 aromatic rings. The molecule has 0 radical (unpaired) electrons. The van der Waals surface area contributed by atoms with E-state index >= 15 is 0 Å². The second-order valence-electron chi connectivity index (χ2n) is 9.17. The highest BCUT2D eigenvalue weighted by Gasteiger charge is 2.25. The Balaban J connectivity index is 1.24. The van der Waals surface area contributed by atoms with E-state index in [0.29, 0.717) is 43.1 Å². The Labute approximate surface area is 222 Å². The number of thiophene rings is 1. The summed E-state index contributed by atoms with van der Waals surface area (Å²) in [6.07, 6.45) is 1.50. The molecule has 0 bridgehead atoms. The maximum Gasteiger partial charge on any atom is 0.289 e. The summed E-state index contributed by atoms with van der Waals surface area (Å²) in [5.74, 6) is 0.443. The Bertz CT molecular complexity index is 1610. The van der Waals surface area contributed by atoms with Crippen molar-refractivity contribution in [3.8, 4) is 21.9 Å². The van der Waals surface area contributed by atoms with Crippen molar-refractivity contribution in [3.05, 3.63) is 102 Å². The number of carbonyl (C=O) groups excluding carboxylic acids is 2. The molecule has 3 aromatic carbocycles. The normalized spacial score (nSPS) is 13.7. The molecule has 0 aliphatic carbocycles. The van der Waals surface area contributed by atoms with Crippen LogP contribution in [0.1, 0.15) is 26.5 Å². The quantitative estimate of drug-likeness (QED) is 0.284. The Morgan fingerprint density at radius 1 is 0.816 bits per heavy atom. The minimum absolute atomic E-state index is 0.101. The van der Waals surface area contributed by atoms with Crippen molar-refractivity contribution >= 4 is 38.8 Å². The molecule has 0 atom stereocenters. The number of benzene rings is 3. The zero-order chi connectivity index (χ0) is 26.2. The van der Waals surface area contributed by atoms with Gasteiger partial charge in [-0.3, -0.25) is 9.59 Å². The molecular formula is C30H24N2O5S. The van der Waals surface area contributed by atoms with Crippen LogP contribution in [-0.2, 0) is 0 Å². The average molecular weight is 525 g/mol. The van der Waals surface area contributed by atoms with Crippen LogP contribution in [0.25, 0.3) is 20.5 Å². The number of phenolic OH excluding ortho intramolecular Hbond substituents is 2. The molecule has 1 aliphatic heterocycles. The van der Waals surface area contributed by atoms with Gasteiger partial charge in [-0.25, -0.2) is 0 Å². The summed E-state index contributed by atoms with van der Waals surface area (Å²) in [5, 5.41) is 20.5. The van der Waals surface area contributed by atoms with E-state index in [1.54, 1.807) is 59.5 Å². The van der Waals surface area contributed by atoms with Crippen LogP contribution in [0, 0.1) is 0 Å². The van der Waals surface area contributed by atoms with Gasteiger partial charge in [0.1, 0.15) is 11.5 Å². The highest BCUT2D eigenvalue weighted by atomic mass is 32.1. The Hall–Kier alpha value is -4.56. The number of furan rings is 1. The molecule has 3 heterocycles. The summed E-state index contributed by atoms with van der Waals surface area (Å²) >= 11 is 1.44. The maximum atomic E-state index is 13.8. The molecule has 0 spiro atoms. The lowest BCUT2D eigenvalue weighted by Crippen LogP contribution is -2.48. The van der Waals surface area contributed by atoms with Crippen molar-refractivity contribution in [1.82, 2.24) is 4.90 Å². The Kier molecular flexibility index (Phi) is 6.09. The lowest BCUT2D eigenvalue weighted by Gasteiger charge is -2.35. The molecule has 0 unspecified atom stereocenters. The lowest BCUT2D eigenvalue weighted by molar-refractivity contribution is 0.0714. The third-order valence-corrected chi connectivity index (χ3v) is 8.03. The molecule has 7 nitrogen and oxygen atoms in total. The van der Waals surface area contributed by atoms with Gasteiger partial charge in [0.25, 0.3) is 5.91 Å². The van der Waals surface area contributed by atoms with Gasteiger partial charge in [-0.05, 0) is 84.4 Å². The van der Waals surface area contributed by atoms with Crippen molar-refractivity contribution in [3.63, 3.8) is 0 Å². The zero-order valence-corrected chi connectivity index (χ0v) is 21.1. The molecule has 1 aliphatic rings. The topological polar surface area (TPSA) is 94.2 Å². The van der Waals surface area contributed by atoms with Gasteiger partial charge in [-0.1, -0.05) is 0 Å². The van der Waals surface area contributed by atoms with Crippen LogP contribution in [-0.4, -0.2) is 53.0 Å². The highest BCUT2D eigenvalue weighted by Crippen LogP contribution is 2.41. The molecule has 1 saturated heterocycles. The number of aromatic hydroxyl groups is 2. The van der Waals surface area contributed by atoms with Crippen molar-refractivity contribution in [2.75, 3.05) is 31.1 Å². The molecule has 190 valence electrons. The van der Waals surface area contributed by atoms with Gasteiger partial charge in [0.05, 0.1) is 6.26 Å². The smallest absolute Gasteiger partial charge is 0.289 e. The van der Waals surface area contributed by atoms with Gasteiger partial charge in [0, 0.05) is 58.0 Å². The SMILES string of the molecule is O=C(c1ccc(N2CCN(C(=O)c3ccco3)CC2)cc1)c1c(-c2ccc(O)cc2)sc2cc(O)ccc12. The van der Waals surface area contributed by atoms with Gasteiger partial charge in [0.15, 0.2) is 11.5 Å². The number of ketones is 1. The molecule has 1 fully saturated rings. The van der Waals surface area contributed by atoms with Crippen molar-refractivity contribution in [1.29, 1.82) is 0 Å². The molecular weight excluding hydrogens is 500 g/mol. The van der Waals surface area contributed by atoms with E-state index in [1.165, 1.54) is 17.6 Å². The zero-order valence-electron chi connectivity index (χ0n) is 20.3. The minimum atomic E-state index is -0.106. The van der Waals surface area contributed by atoms with Crippen LogP contribution in [0.3, 0.4) is 0 Å². The van der Waals surface area contributed by atoms with Gasteiger partial charge in [-0.15, -0.1) is 11.3 Å². The summed E-state index contributed by atoms with van der Waals surface area (Å²) in [6, 6.07) is 22.7. The second-order valence-corrected chi connectivity index (χ2v) is 10.2. The second kappa shape index (κ2) is 9.72. The van der Waals surface area contributed by atoms with E-state index in [9.17, 15) is 19.8 Å². The van der Waals surface area contributed by atoms with Crippen LogP contribution in [0.15, 0.2) is 89.5 Å². The van der Waals surface area contributed by atoms with Crippen molar-refractivity contribution in [2.45, 2.75) is 0 Å². The van der Waals surface area contributed by atoms with Crippen molar-refractivity contribution in [2.24, 2.45) is 0 Å². The molecule has 6 rings (SSSR count). The van der Waals surface area contributed by atoms with Gasteiger partial charge in [-0.2, -0.15) is 0 Å². The van der Waals surface area contributed by atoms with Crippen LogP contribution in [0.4, 0.5) is 5.69 Å². The fourth-order valence-corrected chi connectivity index (χ4v) is 6.06. The van der Waals surface area contributed by atoms with E-state index in [0.717, 1.165) is 26.2 Å². The fourth-order valence-electron chi connectivity index (χ4n) is 4.82. The van der Waals surface area contributed by atoms with E-state index < -0.39 is 0 Å². The number of amides is 1. The fraction of sp³-hybridized carbons (Fsp3) is 0.133. The first-order valence-corrected chi connectivity index (χ1v) is 13.1. The number of hydrogen-bond acceptors (Lipinski definition) is 7. The standard InChI is InChI=1S/C30H24N2O5S/c33-22-9-5-20(6-10-22)29-27(24-12-11-23(34)18-26(24)38-29)28(35)19-3-7-21(8-4-19)31-13-15-32(16-14-31)30(36)25-2-1-17-37-25/h1-12,17-18,33-34H,13-16H2. The molecule has 2 aromatic heterocycles. The predicted molar refractivity (Wildman–Crippen MR) is 147 cm³/mol. The van der Waals surface area contributed by atoms with Crippen LogP contribution < -0.4 is 4.90 Å². The largest absolute Gasteiger partial charge is 0.508 e. The third-order valence-electron chi connectivity index (χ3n) is 6.82. The number of phenols is 2. The number of hydrogen-bond donors (Lipinski definition) is 2. The van der Waals surface area contributed by atoms with Crippen molar-refractivity contribution < 1.29 is 24.2 Å². The predicted octanol–water partition coefficient (Wildman–Crippen LogP) is 5.77. The first-order chi connectivity index (χ1) is 18.5. The van der Waals surface area contributed by atoms with Crippen LogP contribution in [0.5, 0.6) is 11.5 Å². The number of nitrogens with zero attached hydrogens (tertiary/aromatic N) is 2. The van der Waals surface area contributed by atoms with Gasteiger partial charge in [0.2, 0.25) is 0 Å². The van der Waals surface area contributed by atoms with Gasteiger partial charge < -0.3 is 24.4 Å². The van der Waals surface area contributed by atoms with E-state index in [1.807, 2.05) is 24.3 Å². The van der Waals surface area contributed by atoms with Gasteiger partial charge >= 0.3 is 0 Å². The Morgan fingerprint density at radius 2 is 1.53 bits per heavy atom. The third kappa shape index (κ3) is 4.39.